The highest BCUT2D eigenvalue weighted by Crippen LogP contribution is 2.24. The predicted octanol–water partition coefficient (Wildman–Crippen LogP) is 2.70. The van der Waals surface area contributed by atoms with E-state index in [4.69, 9.17) is 5.73 Å². The first-order valence-corrected chi connectivity index (χ1v) is 8.14. The van der Waals surface area contributed by atoms with E-state index in [0.29, 0.717) is 18.4 Å². The summed E-state index contributed by atoms with van der Waals surface area (Å²) < 4.78 is 0. The van der Waals surface area contributed by atoms with Crippen molar-refractivity contribution in [1.29, 1.82) is 0 Å². The fourth-order valence-corrected chi connectivity index (χ4v) is 3.20. The van der Waals surface area contributed by atoms with E-state index in [9.17, 15) is 4.79 Å². The van der Waals surface area contributed by atoms with Crippen LogP contribution in [-0.2, 0) is 11.2 Å². The van der Waals surface area contributed by atoms with Gasteiger partial charge >= 0.3 is 0 Å². The maximum Gasteiger partial charge on any atom is 0.227 e. The van der Waals surface area contributed by atoms with Gasteiger partial charge in [-0.15, -0.1) is 0 Å². The van der Waals surface area contributed by atoms with Gasteiger partial charge in [0.25, 0.3) is 0 Å². The molecule has 0 aromatic heterocycles. The first kappa shape index (κ1) is 16.0. The van der Waals surface area contributed by atoms with Crippen LogP contribution in [0.25, 0.3) is 0 Å². The molecule has 3 nitrogen and oxygen atoms in total. The number of carbonyl (C=O) groups excluding carboxylic acids is 1. The molecule has 1 amide bonds. The normalized spacial score (nSPS) is 18.0. The van der Waals surface area contributed by atoms with Gasteiger partial charge in [0, 0.05) is 19.6 Å². The third-order valence-electron chi connectivity index (χ3n) is 4.67. The Morgan fingerprint density at radius 3 is 2.38 bits per heavy atom. The third-order valence-corrected chi connectivity index (χ3v) is 4.67. The summed E-state index contributed by atoms with van der Waals surface area (Å²) in [6.07, 6.45) is 3.35. The molecule has 1 heterocycles. The van der Waals surface area contributed by atoms with E-state index >= 15 is 0 Å². The fraction of sp³-hybridized carbons (Fsp3) is 0.611. The number of piperidine rings is 1. The molecule has 1 fully saturated rings. The molecule has 116 valence electrons. The van der Waals surface area contributed by atoms with Crippen molar-refractivity contribution in [2.45, 2.75) is 33.1 Å². The Morgan fingerprint density at radius 2 is 1.86 bits per heavy atom. The van der Waals surface area contributed by atoms with Crippen LogP contribution in [0.5, 0.6) is 0 Å². The van der Waals surface area contributed by atoms with Crippen molar-refractivity contribution < 1.29 is 4.79 Å². The van der Waals surface area contributed by atoms with Gasteiger partial charge in [-0.2, -0.15) is 0 Å². The summed E-state index contributed by atoms with van der Waals surface area (Å²) >= 11 is 0. The Bertz CT molecular complexity index is 436. The molecule has 2 N–H and O–H groups in total. The van der Waals surface area contributed by atoms with E-state index < -0.39 is 0 Å². The molecule has 2 rings (SSSR count). The topological polar surface area (TPSA) is 46.3 Å². The monoisotopic (exact) mass is 288 g/mol. The molecule has 0 saturated carbocycles. The van der Waals surface area contributed by atoms with Crippen molar-refractivity contribution in [2.24, 2.45) is 23.5 Å². The number of likely N-dealkylation sites (tertiary alicyclic amines) is 1. The summed E-state index contributed by atoms with van der Waals surface area (Å²) in [4.78, 5) is 14.5. The number of amides is 1. The second kappa shape index (κ2) is 7.60. The number of hydrogen-bond acceptors (Lipinski definition) is 2. The van der Waals surface area contributed by atoms with Crippen LogP contribution in [0.4, 0.5) is 0 Å². The van der Waals surface area contributed by atoms with Gasteiger partial charge in [0.1, 0.15) is 0 Å². The largest absolute Gasteiger partial charge is 0.342 e. The maximum absolute atomic E-state index is 12.5. The molecule has 1 aliphatic heterocycles. The molecule has 1 atom stereocenters. The second-order valence-corrected chi connectivity index (χ2v) is 6.54. The Hall–Kier alpha value is -1.35. The van der Waals surface area contributed by atoms with E-state index in [1.165, 1.54) is 5.56 Å². The zero-order valence-corrected chi connectivity index (χ0v) is 13.3. The molecule has 1 saturated heterocycles. The van der Waals surface area contributed by atoms with Crippen LogP contribution >= 0.6 is 0 Å². The summed E-state index contributed by atoms with van der Waals surface area (Å²) in [6, 6.07) is 10.6. The first-order valence-electron chi connectivity index (χ1n) is 8.14. The average molecular weight is 288 g/mol. The second-order valence-electron chi connectivity index (χ2n) is 6.54. The molecular weight excluding hydrogens is 260 g/mol. The summed E-state index contributed by atoms with van der Waals surface area (Å²) in [7, 11) is 0. The average Bonchev–Trinajstić information content (AvgIpc) is 2.49. The molecule has 1 unspecified atom stereocenters. The number of carbonyl (C=O) groups is 1. The molecule has 3 heteroatoms. The van der Waals surface area contributed by atoms with E-state index in [-0.39, 0.29) is 11.8 Å². The molecule has 0 radical (unpaired) electrons. The van der Waals surface area contributed by atoms with Crippen LogP contribution in [0.2, 0.25) is 0 Å². The molecular formula is C18H28N2O. The molecule has 21 heavy (non-hydrogen) atoms. The SMILES string of the molecule is CC(C)C(CN)C(=O)N1CCC(Cc2ccccc2)CC1. The molecule has 1 aliphatic rings. The van der Waals surface area contributed by atoms with E-state index in [2.05, 4.69) is 44.2 Å². The number of benzene rings is 1. The third kappa shape index (κ3) is 4.31. The van der Waals surface area contributed by atoms with Crippen molar-refractivity contribution in [3.8, 4) is 0 Å². The minimum absolute atomic E-state index is 0.0179. The highest BCUT2D eigenvalue weighted by atomic mass is 16.2. The van der Waals surface area contributed by atoms with Crippen molar-refractivity contribution in [3.05, 3.63) is 35.9 Å². The van der Waals surface area contributed by atoms with Crippen LogP contribution in [0.3, 0.4) is 0 Å². The summed E-state index contributed by atoms with van der Waals surface area (Å²) in [6.45, 7) is 6.40. The Balaban J connectivity index is 1.84. The van der Waals surface area contributed by atoms with Gasteiger partial charge in [-0.05, 0) is 36.7 Å². The molecule has 1 aromatic carbocycles. The lowest BCUT2D eigenvalue weighted by Crippen LogP contribution is -2.45. The van der Waals surface area contributed by atoms with Crippen molar-refractivity contribution in [1.82, 2.24) is 4.90 Å². The Morgan fingerprint density at radius 1 is 1.24 bits per heavy atom. The Labute approximate surface area is 128 Å². The van der Waals surface area contributed by atoms with Crippen LogP contribution < -0.4 is 5.73 Å². The lowest BCUT2D eigenvalue weighted by atomic mass is 9.88. The smallest absolute Gasteiger partial charge is 0.227 e. The zero-order valence-electron chi connectivity index (χ0n) is 13.3. The summed E-state index contributed by atoms with van der Waals surface area (Å²) in [5.41, 5.74) is 7.17. The van der Waals surface area contributed by atoms with E-state index in [1.807, 2.05) is 4.90 Å². The van der Waals surface area contributed by atoms with E-state index in [1.54, 1.807) is 0 Å². The summed E-state index contributed by atoms with van der Waals surface area (Å²) in [5.74, 6) is 1.26. The van der Waals surface area contributed by atoms with Gasteiger partial charge in [0.2, 0.25) is 5.91 Å². The highest BCUT2D eigenvalue weighted by molar-refractivity contribution is 5.79. The van der Waals surface area contributed by atoms with E-state index in [0.717, 1.165) is 32.4 Å². The Kier molecular flexibility index (Phi) is 5.80. The minimum atomic E-state index is -0.0179. The van der Waals surface area contributed by atoms with Gasteiger partial charge in [-0.25, -0.2) is 0 Å². The maximum atomic E-state index is 12.5. The van der Waals surface area contributed by atoms with Crippen LogP contribution in [0.15, 0.2) is 30.3 Å². The van der Waals surface area contributed by atoms with Crippen molar-refractivity contribution >= 4 is 5.91 Å². The van der Waals surface area contributed by atoms with Crippen LogP contribution in [0.1, 0.15) is 32.3 Å². The van der Waals surface area contributed by atoms with Gasteiger partial charge in [-0.1, -0.05) is 44.2 Å². The van der Waals surface area contributed by atoms with Crippen LogP contribution in [-0.4, -0.2) is 30.4 Å². The van der Waals surface area contributed by atoms with Crippen molar-refractivity contribution in [3.63, 3.8) is 0 Å². The number of nitrogens with zero attached hydrogens (tertiary/aromatic N) is 1. The minimum Gasteiger partial charge on any atom is -0.342 e. The number of hydrogen-bond donors (Lipinski definition) is 1. The van der Waals surface area contributed by atoms with Crippen LogP contribution in [0, 0.1) is 17.8 Å². The number of rotatable bonds is 5. The zero-order chi connectivity index (χ0) is 15.2. The van der Waals surface area contributed by atoms with Gasteiger partial charge < -0.3 is 10.6 Å². The molecule has 0 aliphatic carbocycles. The van der Waals surface area contributed by atoms with Gasteiger partial charge in [-0.3, -0.25) is 4.79 Å². The van der Waals surface area contributed by atoms with Gasteiger partial charge in [0.15, 0.2) is 0 Å². The highest BCUT2D eigenvalue weighted by Gasteiger charge is 2.29. The lowest BCUT2D eigenvalue weighted by Gasteiger charge is -2.35. The first-order chi connectivity index (χ1) is 10.1. The number of nitrogens with two attached hydrogens (primary N) is 1. The quantitative estimate of drug-likeness (QED) is 0.905. The molecule has 0 spiro atoms. The summed E-state index contributed by atoms with van der Waals surface area (Å²) in [5, 5.41) is 0. The standard InChI is InChI=1S/C18H28N2O/c1-14(2)17(13-19)18(21)20-10-8-16(9-11-20)12-15-6-4-3-5-7-15/h3-7,14,16-17H,8-13,19H2,1-2H3. The van der Waals surface area contributed by atoms with Gasteiger partial charge in [0.05, 0.1) is 5.92 Å². The molecule has 1 aromatic rings. The molecule has 0 bridgehead atoms. The van der Waals surface area contributed by atoms with Crippen molar-refractivity contribution in [2.75, 3.05) is 19.6 Å². The lowest BCUT2D eigenvalue weighted by molar-refractivity contribution is -0.138. The predicted molar refractivity (Wildman–Crippen MR) is 86.8 cm³/mol. The fourth-order valence-electron chi connectivity index (χ4n) is 3.20.